The second-order valence-electron chi connectivity index (χ2n) is 5.59. The van der Waals surface area contributed by atoms with Crippen molar-refractivity contribution in [2.75, 3.05) is 17.4 Å². The molecule has 1 amide bonds. The van der Waals surface area contributed by atoms with E-state index in [1.165, 1.54) is 18.3 Å². The zero-order chi connectivity index (χ0) is 17.9. The molecule has 2 aromatic carbocycles. The van der Waals surface area contributed by atoms with Crippen LogP contribution in [0.2, 0.25) is 0 Å². The van der Waals surface area contributed by atoms with Crippen molar-refractivity contribution in [1.29, 1.82) is 0 Å². The number of carbonyl (C=O) groups excluding carboxylic acids is 1. The highest BCUT2D eigenvalue weighted by molar-refractivity contribution is 6.04. The van der Waals surface area contributed by atoms with E-state index >= 15 is 0 Å². The van der Waals surface area contributed by atoms with E-state index in [2.05, 4.69) is 15.6 Å². The number of halogens is 1. The van der Waals surface area contributed by atoms with Gasteiger partial charge < -0.3 is 20.1 Å². The molecule has 0 saturated heterocycles. The Labute approximate surface area is 148 Å². The van der Waals surface area contributed by atoms with Crippen LogP contribution in [0, 0.1) is 5.82 Å². The number of benzene rings is 2. The van der Waals surface area contributed by atoms with E-state index in [4.69, 9.17) is 9.47 Å². The fourth-order valence-corrected chi connectivity index (χ4v) is 2.46. The molecule has 0 atom stereocenters. The molecule has 2 N–H and O–H groups in total. The van der Waals surface area contributed by atoms with Crippen molar-refractivity contribution >= 4 is 23.1 Å². The number of rotatable bonds is 4. The molecule has 0 bridgehead atoms. The molecule has 3 aromatic rings. The summed E-state index contributed by atoms with van der Waals surface area (Å²) >= 11 is 0. The van der Waals surface area contributed by atoms with E-state index < -0.39 is 0 Å². The summed E-state index contributed by atoms with van der Waals surface area (Å²) in [6.45, 7) is 0.180. The summed E-state index contributed by atoms with van der Waals surface area (Å²) in [5, 5.41) is 5.82. The van der Waals surface area contributed by atoms with Gasteiger partial charge in [0.1, 0.15) is 11.6 Å². The number of nitrogens with zero attached hydrogens (tertiary/aromatic N) is 1. The monoisotopic (exact) mass is 351 g/mol. The van der Waals surface area contributed by atoms with Gasteiger partial charge in [-0.05, 0) is 48.5 Å². The van der Waals surface area contributed by atoms with Crippen LogP contribution in [0.5, 0.6) is 11.5 Å². The van der Waals surface area contributed by atoms with Crippen LogP contribution >= 0.6 is 0 Å². The summed E-state index contributed by atoms with van der Waals surface area (Å²) in [6.07, 6.45) is 1.47. The van der Waals surface area contributed by atoms with Crippen LogP contribution in [-0.2, 0) is 0 Å². The van der Waals surface area contributed by atoms with Crippen LogP contribution in [-0.4, -0.2) is 17.7 Å². The Kier molecular flexibility index (Phi) is 4.10. The molecule has 1 aromatic heterocycles. The van der Waals surface area contributed by atoms with Gasteiger partial charge in [-0.25, -0.2) is 9.37 Å². The number of nitrogens with one attached hydrogen (secondary N) is 2. The highest BCUT2D eigenvalue weighted by Gasteiger charge is 2.14. The maximum atomic E-state index is 12.9. The van der Waals surface area contributed by atoms with Gasteiger partial charge in [0.25, 0.3) is 5.91 Å². The summed E-state index contributed by atoms with van der Waals surface area (Å²) in [6, 6.07) is 14.5. The number of ether oxygens (including phenoxy) is 2. The Bertz CT molecular complexity index is 943. The minimum absolute atomic E-state index is 0.180. The lowest BCUT2D eigenvalue weighted by Crippen LogP contribution is -2.12. The van der Waals surface area contributed by atoms with Crippen LogP contribution in [0.15, 0.2) is 60.8 Å². The molecule has 7 heteroatoms. The average molecular weight is 351 g/mol. The largest absolute Gasteiger partial charge is 0.454 e. The number of amides is 1. The van der Waals surface area contributed by atoms with E-state index in [1.54, 1.807) is 42.5 Å². The van der Waals surface area contributed by atoms with Crippen LogP contribution in [0.1, 0.15) is 10.4 Å². The van der Waals surface area contributed by atoms with E-state index in [0.29, 0.717) is 34.3 Å². The van der Waals surface area contributed by atoms with Gasteiger partial charge in [-0.1, -0.05) is 0 Å². The molecule has 1 aliphatic heterocycles. The second kappa shape index (κ2) is 6.72. The summed E-state index contributed by atoms with van der Waals surface area (Å²) < 4.78 is 23.4. The van der Waals surface area contributed by atoms with Crippen molar-refractivity contribution in [3.8, 4) is 11.5 Å². The maximum Gasteiger partial charge on any atom is 0.257 e. The molecule has 0 saturated carbocycles. The normalized spacial score (nSPS) is 11.9. The molecule has 130 valence electrons. The first-order valence-electron chi connectivity index (χ1n) is 7.87. The molecule has 0 unspecified atom stereocenters. The molecular formula is C19H14FN3O3. The van der Waals surface area contributed by atoms with Crippen LogP contribution in [0.3, 0.4) is 0 Å². The van der Waals surface area contributed by atoms with Crippen molar-refractivity contribution in [2.45, 2.75) is 0 Å². The second-order valence-corrected chi connectivity index (χ2v) is 5.59. The van der Waals surface area contributed by atoms with E-state index in [0.717, 1.165) is 0 Å². The standard InChI is InChI=1S/C19H14FN3O3/c20-13-2-4-14(5-3-13)22-18-8-1-12(10-21-18)19(24)23-15-6-7-16-17(9-15)26-11-25-16/h1-10H,11H2,(H,21,22)(H,23,24). The fourth-order valence-electron chi connectivity index (χ4n) is 2.46. The Morgan fingerprint density at radius 3 is 2.50 bits per heavy atom. The van der Waals surface area contributed by atoms with Crippen molar-refractivity contribution in [3.63, 3.8) is 0 Å². The highest BCUT2D eigenvalue weighted by atomic mass is 19.1. The predicted octanol–water partition coefficient (Wildman–Crippen LogP) is 3.95. The zero-order valence-electron chi connectivity index (χ0n) is 13.5. The minimum Gasteiger partial charge on any atom is -0.454 e. The minimum atomic E-state index is -0.306. The summed E-state index contributed by atoms with van der Waals surface area (Å²) in [7, 11) is 0. The first kappa shape index (κ1) is 15.9. The maximum absolute atomic E-state index is 12.9. The lowest BCUT2D eigenvalue weighted by Gasteiger charge is -2.08. The Hall–Kier alpha value is -3.61. The van der Waals surface area contributed by atoms with E-state index in [-0.39, 0.29) is 18.5 Å². The van der Waals surface area contributed by atoms with E-state index in [9.17, 15) is 9.18 Å². The van der Waals surface area contributed by atoms with Gasteiger partial charge in [-0.2, -0.15) is 0 Å². The number of carbonyl (C=O) groups is 1. The smallest absolute Gasteiger partial charge is 0.257 e. The zero-order valence-corrected chi connectivity index (χ0v) is 13.5. The van der Waals surface area contributed by atoms with Crippen LogP contribution in [0.25, 0.3) is 0 Å². The van der Waals surface area contributed by atoms with Crippen LogP contribution < -0.4 is 20.1 Å². The first-order chi connectivity index (χ1) is 12.7. The van der Waals surface area contributed by atoms with Gasteiger partial charge in [-0.15, -0.1) is 0 Å². The van der Waals surface area contributed by atoms with Gasteiger partial charge in [0.2, 0.25) is 6.79 Å². The van der Waals surface area contributed by atoms with Crippen molar-refractivity contribution in [3.05, 3.63) is 72.2 Å². The summed E-state index contributed by atoms with van der Waals surface area (Å²) in [4.78, 5) is 16.5. The first-order valence-corrected chi connectivity index (χ1v) is 7.87. The quantitative estimate of drug-likeness (QED) is 0.745. The number of fused-ring (bicyclic) bond motifs is 1. The molecule has 0 spiro atoms. The molecule has 1 aliphatic rings. The fraction of sp³-hybridized carbons (Fsp3) is 0.0526. The number of hydrogen-bond donors (Lipinski definition) is 2. The molecular weight excluding hydrogens is 337 g/mol. The molecule has 2 heterocycles. The van der Waals surface area contributed by atoms with Gasteiger partial charge in [0.05, 0.1) is 5.56 Å². The van der Waals surface area contributed by atoms with Crippen LogP contribution in [0.4, 0.5) is 21.6 Å². The average Bonchev–Trinajstić information content (AvgIpc) is 3.12. The van der Waals surface area contributed by atoms with Crippen molar-refractivity contribution in [1.82, 2.24) is 4.98 Å². The number of anilines is 3. The molecule has 0 radical (unpaired) electrons. The Morgan fingerprint density at radius 2 is 1.73 bits per heavy atom. The Morgan fingerprint density at radius 1 is 0.962 bits per heavy atom. The van der Waals surface area contributed by atoms with Crippen molar-refractivity contribution < 1.29 is 18.7 Å². The third kappa shape index (κ3) is 3.41. The number of pyridine rings is 1. The van der Waals surface area contributed by atoms with E-state index in [1.807, 2.05) is 0 Å². The highest BCUT2D eigenvalue weighted by Crippen LogP contribution is 2.34. The SMILES string of the molecule is O=C(Nc1ccc2c(c1)OCO2)c1ccc(Nc2ccc(F)cc2)nc1. The lowest BCUT2D eigenvalue weighted by atomic mass is 10.2. The third-order valence-corrected chi connectivity index (χ3v) is 3.77. The van der Waals surface area contributed by atoms with Gasteiger partial charge >= 0.3 is 0 Å². The van der Waals surface area contributed by atoms with Gasteiger partial charge in [0.15, 0.2) is 11.5 Å². The Balaban J connectivity index is 1.42. The van der Waals surface area contributed by atoms with Crippen molar-refractivity contribution in [2.24, 2.45) is 0 Å². The topological polar surface area (TPSA) is 72.5 Å². The molecule has 26 heavy (non-hydrogen) atoms. The summed E-state index contributed by atoms with van der Waals surface area (Å²) in [5.41, 5.74) is 1.72. The third-order valence-electron chi connectivity index (χ3n) is 3.77. The lowest BCUT2D eigenvalue weighted by molar-refractivity contribution is 0.102. The van der Waals surface area contributed by atoms with Gasteiger partial charge in [0, 0.05) is 23.6 Å². The number of aromatic nitrogens is 1. The molecule has 0 aliphatic carbocycles. The van der Waals surface area contributed by atoms with Gasteiger partial charge in [-0.3, -0.25) is 4.79 Å². The summed E-state index contributed by atoms with van der Waals surface area (Å²) in [5.74, 6) is 1.21. The molecule has 6 nitrogen and oxygen atoms in total. The number of hydrogen-bond acceptors (Lipinski definition) is 5. The predicted molar refractivity (Wildman–Crippen MR) is 94.4 cm³/mol. The molecule has 4 rings (SSSR count). The molecule has 0 fully saturated rings.